The lowest BCUT2D eigenvalue weighted by Crippen LogP contribution is -2.07. The Bertz CT molecular complexity index is 776. The van der Waals surface area contributed by atoms with Gasteiger partial charge in [-0.3, -0.25) is 0 Å². The summed E-state index contributed by atoms with van der Waals surface area (Å²) in [6, 6.07) is 11.5. The quantitative estimate of drug-likeness (QED) is 0.765. The lowest BCUT2D eigenvalue weighted by atomic mass is 10.1. The van der Waals surface area contributed by atoms with E-state index in [1.807, 2.05) is 24.3 Å². The van der Waals surface area contributed by atoms with Gasteiger partial charge in [0.05, 0.1) is 0 Å². The molecule has 0 saturated heterocycles. The van der Waals surface area contributed by atoms with Crippen LogP contribution in [0.3, 0.4) is 0 Å². The molecule has 4 rings (SSSR count). The summed E-state index contributed by atoms with van der Waals surface area (Å²) in [6.07, 6.45) is 3.05. The molecule has 0 amide bonds. The molecule has 2 heterocycles. The summed E-state index contributed by atoms with van der Waals surface area (Å²) in [6.45, 7) is 0. The van der Waals surface area contributed by atoms with Crippen LogP contribution in [-0.2, 0) is 6.42 Å². The van der Waals surface area contributed by atoms with Crippen LogP contribution in [0.5, 0.6) is 5.75 Å². The number of nitrogens with zero attached hydrogens (tertiary/aromatic N) is 4. The second-order valence-corrected chi connectivity index (χ2v) is 5.37. The second-order valence-electron chi connectivity index (χ2n) is 5.37. The molecule has 0 unspecified atom stereocenters. The van der Waals surface area contributed by atoms with Crippen molar-refractivity contribution in [2.24, 2.45) is 0 Å². The maximum absolute atomic E-state index is 9.33. The van der Waals surface area contributed by atoms with E-state index >= 15 is 0 Å². The molecule has 6 heteroatoms. The largest absolute Gasteiger partial charge is 0.508 e. The first-order chi connectivity index (χ1) is 10.3. The molecule has 0 bridgehead atoms. The van der Waals surface area contributed by atoms with E-state index in [-0.39, 0.29) is 5.75 Å². The van der Waals surface area contributed by atoms with Crippen LogP contribution in [0.2, 0.25) is 0 Å². The van der Waals surface area contributed by atoms with Gasteiger partial charge >= 0.3 is 0 Å². The zero-order valence-corrected chi connectivity index (χ0v) is 11.4. The van der Waals surface area contributed by atoms with Gasteiger partial charge in [0, 0.05) is 12.5 Å². The van der Waals surface area contributed by atoms with Gasteiger partial charge in [0.25, 0.3) is 0 Å². The van der Waals surface area contributed by atoms with Crippen molar-refractivity contribution in [1.29, 1.82) is 0 Å². The number of hydrogen-bond donors (Lipinski definition) is 2. The Morgan fingerprint density at radius 1 is 1.10 bits per heavy atom. The number of nitrogens with one attached hydrogen (secondary N) is 1. The number of hydrogen-bond acceptors (Lipinski definition) is 5. The SMILES string of the molecule is Oc1ccc(Cc2nnc3ccc(NC4CC4)nn23)cc1. The molecule has 106 valence electrons. The highest BCUT2D eigenvalue weighted by Crippen LogP contribution is 2.23. The minimum absolute atomic E-state index is 0.263. The van der Waals surface area contributed by atoms with Gasteiger partial charge in [0.1, 0.15) is 11.6 Å². The van der Waals surface area contributed by atoms with Gasteiger partial charge in [-0.1, -0.05) is 12.1 Å². The molecule has 1 fully saturated rings. The molecule has 1 aromatic carbocycles. The van der Waals surface area contributed by atoms with Crippen molar-refractivity contribution in [2.75, 3.05) is 5.32 Å². The van der Waals surface area contributed by atoms with Gasteiger partial charge in [0.15, 0.2) is 11.5 Å². The zero-order valence-electron chi connectivity index (χ0n) is 11.4. The van der Waals surface area contributed by atoms with Crippen molar-refractivity contribution < 1.29 is 5.11 Å². The lowest BCUT2D eigenvalue weighted by molar-refractivity contribution is 0.475. The van der Waals surface area contributed by atoms with E-state index < -0.39 is 0 Å². The van der Waals surface area contributed by atoms with Crippen LogP contribution in [0.4, 0.5) is 5.82 Å². The summed E-state index contributed by atoms with van der Waals surface area (Å²) < 4.78 is 1.78. The fourth-order valence-corrected chi connectivity index (χ4v) is 2.25. The fraction of sp³-hybridized carbons (Fsp3) is 0.267. The number of anilines is 1. The monoisotopic (exact) mass is 281 g/mol. The number of benzene rings is 1. The van der Waals surface area contributed by atoms with Crippen molar-refractivity contribution in [3.8, 4) is 5.75 Å². The van der Waals surface area contributed by atoms with Gasteiger partial charge in [-0.2, -0.15) is 4.52 Å². The molecule has 0 atom stereocenters. The number of phenols is 1. The molecule has 1 saturated carbocycles. The van der Waals surface area contributed by atoms with Gasteiger partial charge in [-0.15, -0.1) is 15.3 Å². The summed E-state index contributed by atoms with van der Waals surface area (Å²) in [4.78, 5) is 0. The highest BCUT2D eigenvalue weighted by Gasteiger charge is 2.21. The Morgan fingerprint density at radius 3 is 2.67 bits per heavy atom. The Morgan fingerprint density at radius 2 is 1.90 bits per heavy atom. The molecule has 1 aliphatic rings. The van der Waals surface area contributed by atoms with Crippen LogP contribution in [0.1, 0.15) is 24.2 Å². The maximum Gasteiger partial charge on any atom is 0.178 e. The Kier molecular flexibility index (Phi) is 2.73. The van der Waals surface area contributed by atoms with E-state index in [0.717, 1.165) is 22.9 Å². The van der Waals surface area contributed by atoms with E-state index in [4.69, 9.17) is 0 Å². The first-order valence-electron chi connectivity index (χ1n) is 7.04. The molecule has 3 aromatic rings. The van der Waals surface area contributed by atoms with Crippen LogP contribution in [0, 0.1) is 0 Å². The topological polar surface area (TPSA) is 75.3 Å². The van der Waals surface area contributed by atoms with Crippen LogP contribution in [-0.4, -0.2) is 31.0 Å². The summed E-state index contributed by atoms with van der Waals surface area (Å²) in [5, 5.41) is 25.6. The van der Waals surface area contributed by atoms with Crippen LogP contribution in [0.15, 0.2) is 36.4 Å². The third kappa shape index (κ3) is 2.52. The molecule has 6 nitrogen and oxygen atoms in total. The third-order valence-corrected chi connectivity index (χ3v) is 3.56. The van der Waals surface area contributed by atoms with Crippen LogP contribution < -0.4 is 5.32 Å². The van der Waals surface area contributed by atoms with Crippen molar-refractivity contribution >= 4 is 11.5 Å². The van der Waals surface area contributed by atoms with E-state index in [0.29, 0.717) is 12.5 Å². The van der Waals surface area contributed by atoms with Crippen molar-refractivity contribution in [3.05, 3.63) is 47.8 Å². The molecule has 2 aromatic heterocycles. The predicted octanol–water partition coefficient (Wildman–Crippen LogP) is 1.99. The molecule has 0 aliphatic heterocycles. The molecule has 21 heavy (non-hydrogen) atoms. The summed E-state index contributed by atoms with van der Waals surface area (Å²) in [5.74, 6) is 1.91. The molecule has 1 aliphatic carbocycles. The van der Waals surface area contributed by atoms with Crippen molar-refractivity contribution in [1.82, 2.24) is 19.8 Å². The highest BCUT2D eigenvalue weighted by molar-refractivity contribution is 5.45. The lowest BCUT2D eigenvalue weighted by Gasteiger charge is -2.04. The van der Waals surface area contributed by atoms with Gasteiger partial charge in [-0.25, -0.2) is 0 Å². The summed E-state index contributed by atoms with van der Waals surface area (Å²) in [5.41, 5.74) is 1.80. The van der Waals surface area contributed by atoms with Crippen LogP contribution >= 0.6 is 0 Å². The molecule has 0 radical (unpaired) electrons. The zero-order chi connectivity index (χ0) is 14.2. The van der Waals surface area contributed by atoms with Gasteiger partial charge < -0.3 is 10.4 Å². The Balaban J connectivity index is 1.65. The third-order valence-electron chi connectivity index (χ3n) is 3.56. The molecule has 0 spiro atoms. The van der Waals surface area contributed by atoms with E-state index in [1.165, 1.54) is 12.8 Å². The fourth-order valence-electron chi connectivity index (χ4n) is 2.25. The normalized spacial score (nSPS) is 14.5. The second kappa shape index (κ2) is 4.73. The van der Waals surface area contributed by atoms with Gasteiger partial charge in [0.2, 0.25) is 0 Å². The minimum atomic E-state index is 0.263. The van der Waals surface area contributed by atoms with E-state index in [9.17, 15) is 5.11 Å². The number of rotatable bonds is 4. The van der Waals surface area contributed by atoms with Crippen molar-refractivity contribution in [3.63, 3.8) is 0 Å². The van der Waals surface area contributed by atoms with Gasteiger partial charge in [-0.05, 0) is 42.7 Å². The standard InChI is InChI=1S/C15H15N5O/c21-12-5-1-10(2-6-12)9-15-18-17-14-8-7-13(19-20(14)15)16-11-3-4-11/h1-2,5-8,11,21H,3-4,9H2,(H,16,19). The average Bonchev–Trinajstić information content (AvgIpc) is 3.22. The highest BCUT2D eigenvalue weighted by atomic mass is 16.3. The smallest absolute Gasteiger partial charge is 0.178 e. The molecular formula is C15H15N5O. The molecular weight excluding hydrogens is 266 g/mol. The summed E-state index contributed by atoms with van der Waals surface area (Å²) >= 11 is 0. The number of phenolic OH excluding ortho intramolecular Hbond substituents is 1. The van der Waals surface area contributed by atoms with E-state index in [1.54, 1.807) is 16.6 Å². The number of fused-ring (bicyclic) bond motifs is 1. The predicted molar refractivity (Wildman–Crippen MR) is 78.3 cm³/mol. The number of aromatic nitrogens is 4. The first-order valence-corrected chi connectivity index (χ1v) is 7.04. The van der Waals surface area contributed by atoms with E-state index in [2.05, 4.69) is 20.6 Å². The Labute approximate surface area is 121 Å². The maximum atomic E-state index is 9.33. The van der Waals surface area contributed by atoms with Crippen LogP contribution in [0.25, 0.3) is 5.65 Å². The summed E-state index contributed by atoms with van der Waals surface area (Å²) in [7, 11) is 0. The average molecular weight is 281 g/mol. The Hall–Kier alpha value is -2.63. The minimum Gasteiger partial charge on any atom is -0.508 e. The molecule has 2 N–H and O–H groups in total. The van der Waals surface area contributed by atoms with Crippen molar-refractivity contribution in [2.45, 2.75) is 25.3 Å². The first kappa shape index (κ1) is 12.1. The number of aromatic hydroxyl groups is 1.